The molecule has 0 bridgehead atoms. The van der Waals surface area contributed by atoms with Gasteiger partial charge in [0, 0.05) is 16.6 Å². The van der Waals surface area contributed by atoms with E-state index in [2.05, 4.69) is 10.5 Å². The van der Waals surface area contributed by atoms with E-state index >= 15 is 0 Å². The fourth-order valence-electron chi connectivity index (χ4n) is 2.28. The van der Waals surface area contributed by atoms with Crippen LogP contribution in [-0.2, 0) is 0 Å². The van der Waals surface area contributed by atoms with Gasteiger partial charge in [-0.2, -0.15) is 5.10 Å². The monoisotopic (exact) mass is 328 g/mol. The van der Waals surface area contributed by atoms with Gasteiger partial charge in [-0.1, -0.05) is 23.2 Å². The fourth-order valence-corrected chi connectivity index (χ4v) is 2.70. The smallest absolute Gasteiger partial charge is 0.124 e. The third-order valence-electron chi connectivity index (χ3n) is 3.22. The molecule has 0 spiro atoms. The van der Waals surface area contributed by atoms with E-state index in [1.807, 2.05) is 18.5 Å². The summed E-state index contributed by atoms with van der Waals surface area (Å²) in [5.41, 5.74) is 4.35. The van der Waals surface area contributed by atoms with E-state index in [1.165, 1.54) is 0 Å². The Morgan fingerprint density at radius 2 is 2.05 bits per heavy atom. The van der Waals surface area contributed by atoms with E-state index in [1.54, 1.807) is 31.5 Å². The van der Waals surface area contributed by atoms with Crippen molar-refractivity contribution >= 4 is 23.2 Å². The Balaban J connectivity index is 2.60. The van der Waals surface area contributed by atoms with Crippen LogP contribution >= 0.6 is 23.2 Å². The predicted molar refractivity (Wildman–Crippen MR) is 84.8 cm³/mol. The van der Waals surface area contributed by atoms with Gasteiger partial charge in [0.1, 0.15) is 5.75 Å². The highest BCUT2D eigenvalue weighted by Gasteiger charge is 2.25. The Kier molecular flexibility index (Phi) is 5.11. The number of hydrazine groups is 1. The predicted octanol–water partition coefficient (Wildman–Crippen LogP) is 3.33. The molecule has 7 heteroatoms. The molecule has 21 heavy (non-hydrogen) atoms. The van der Waals surface area contributed by atoms with Gasteiger partial charge in [0.15, 0.2) is 0 Å². The standard InChI is InChI=1S/C14H18Cl2N4O/c1-8(2)20-14(11(16)7-18-20)13(19-17)10-6-9(15)4-5-12(10)21-3/h4-8,13,19H,17H2,1-3H3. The van der Waals surface area contributed by atoms with E-state index in [4.69, 9.17) is 33.8 Å². The molecule has 1 unspecified atom stereocenters. The number of nitrogens with one attached hydrogen (secondary N) is 1. The number of rotatable bonds is 5. The second-order valence-corrected chi connectivity index (χ2v) is 5.75. The first-order valence-electron chi connectivity index (χ1n) is 6.52. The maximum atomic E-state index is 6.30. The highest BCUT2D eigenvalue weighted by atomic mass is 35.5. The summed E-state index contributed by atoms with van der Waals surface area (Å²) in [6.45, 7) is 4.05. The number of hydrogen-bond acceptors (Lipinski definition) is 4. The Hall–Kier alpha value is -1.27. The van der Waals surface area contributed by atoms with Crippen molar-refractivity contribution in [3.63, 3.8) is 0 Å². The lowest BCUT2D eigenvalue weighted by Crippen LogP contribution is -2.31. The van der Waals surface area contributed by atoms with Crippen LogP contribution in [0.25, 0.3) is 0 Å². The number of halogens is 2. The van der Waals surface area contributed by atoms with Crippen LogP contribution in [-0.4, -0.2) is 16.9 Å². The van der Waals surface area contributed by atoms with Crippen LogP contribution in [0, 0.1) is 0 Å². The summed E-state index contributed by atoms with van der Waals surface area (Å²) in [7, 11) is 1.60. The van der Waals surface area contributed by atoms with Crippen LogP contribution in [0.4, 0.5) is 0 Å². The summed E-state index contributed by atoms with van der Waals surface area (Å²) < 4.78 is 7.22. The van der Waals surface area contributed by atoms with E-state index < -0.39 is 0 Å². The molecule has 2 rings (SSSR count). The molecule has 0 aliphatic rings. The summed E-state index contributed by atoms with van der Waals surface area (Å²) in [4.78, 5) is 0. The summed E-state index contributed by atoms with van der Waals surface area (Å²) >= 11 is 12.4. The van der Waals surface area contributed by atoms with Gasteiger partial charge >= 0.3 is 0 Å². The molecular weight excluding hydrogens is 311 g/mol. The van der Waals surface area contributed by atoms with Crippen LogP contribution in [0.1, 0.15) is 37.2 Å². The first kappa shape index (κ1) is 16.1. The largest absolute Gasteiger partial charge is 0.496 e. The highest BCUT2D eigenvalue weighted by Crippen LogP contribution is 2.35. The lowest BCUT2D eigenvalue weighted by Gasteiger charge is -2.22. The Bertz CT molecular complexity index is 627. The second kappa shape index (κ2) is 6.66. The van der Waals surface area contributed by atoms with Crippen LogP contribution in [0.5, 0.6) is 5.75 Å². The van der Waals surface area contributed by atoms with Gasteiger partial charge < -0.3 is 4.74 Å². The maximum absolute atomic E-state index is 6.30. The van der Waals surface area contributed by atoms with Crippen molar-refractivity contribution in [2.24, 2.45) is 5.84 Å². The number of hydrogen-bond donors (Lipinski definition) is 2. The van der Waals surface area contributed by atoms with Crippen LogP contribution < -0.4 is 16.0 Å². The number of nitrogens with two attached hydrogens (primary N) is 1. The molecule has 1 atom stereocenters. The van der Waals surface area contributed by atoms with Crippen molar-refractivity contribution in [2.45, 2.75) is 25.9 Å². The van der Waals surface area contributed by atoms with Crippen molar-refractivity contribution in [2.75, 3.05) is 7.11 Å². The summed E-state index contributed by atoms with van der Waals surface area (Å²) in [5.74, 6) is 6.44. The second-order valence-electron chi connectivity index (χ2n) is 4.90. The topological polar surface area (TPSA) is 65.1 Å². The molecule has 0 aliphatic carbocycles. The summed E-state index contributed by atoms with van der Waals surface area (Å²) in [5, 5.41) is 5.43. The highest BCUT2D eigenvalue weighted by molar-refractivity contribution is 6.31. The SMILES string of the molecule is COc1ccc(Cl)cc1C(NN)c1c(Cl)cnn1C(C)C. The minimum atomic E-state index is -0.379. The van der Waals surface area contributed by atoms with E-state index in [0.717, 1.165) is 11.3 Å². The van der Waals surface area contributed by atoms with Crippen LogP contribution in [0.3, 0.4) is 0 Å². The average molecular weight is 329 g/mol. The average Bonchev–Trinajstić information content (AvgIpc) is 2.82. The molecule has 0 aliphatic heterocycles. The van der Waals surface area contributed by atoms with Gasteiger partial charge in [0.2, 0.25) is 0 Å². The Labute approximate surface area is 134 Å². The molecule has 1 heterocycles. The summed E-state index contributed by atoms with van der Waals surface area (Å²) in [6.07, 6.45) is 1.61. The zero-order valence-electron chi connectivity index (χ0n) is 12.1. The van der Waals surface area contributed by atoms with Gasteiger partial charge in [-0.15, -0.1) is 0 Å². The van der Waals surface area contributed by atoms with Crippen molar-refractivity contribution < 1.29 is 4.74 Å². The molecule has 0 saturated carbocycles. The third-order valence-corrected chi connectivity index (χ3v) is 3.75. The zero-order chi connectivity index (χ0) is 15.6. The molecule has 0 radical (unpaired) electrons. The van der Waals surface area contributed by atoms with Crippen molar-refractivity contribution in [1.82, 2.24) is 15.2 Å². The van der Waals surface area contributed by atoms with Crippen molar-refractivity contribution in [3.05, 3.63) is 45.7 Å². The molecule has 0 fully saturated rings. The minimum Gasteiger partial charge on any atom is -0.496 e. The molecular formula is C14H18Cl2N4O. The van der Waals surface area contributed by atoms with Gasteiger partial charge in [0.25, 0.3) is 0 Å². The van der Waals surface area contributed by atoms with Crippen LogP contribution in [0.2, 0.25) is 10.0 Å². The molecule has 114 valence electrons. The van der Waals surface area contributed by atoms with E-state index in [-0.39, 0.29) is 12.1 Å². The van der Waals surface area contributed by atoms with Gasteiger partial charge in [-0.05, 0) is 32.0 Å². The number of benzene rings is 1. The van der Waals surface area contributed by atoms with Gasteiger partial charge in [0.05, 0.1) is 30.1 Å². The minimum absolute atomic E-state index is 0.147. The van der Waals surface area contributed by atoms with Crippen molar-refractivity contribution in [1.29, 1.82) is 0 Å². The molecule has 3 N–H and O–H groups in total. The van der Waals surface area contributed by atoms with Gasteiger partial charge in [-0.3, -0.25) is 10.5 Å². The Morgan fingerprint density at radius 3 is 2.62 bits per heavy atom. The lowest BCUT2D eigenvalue weighted by molar-refractivity contribution is 0.400. The molecule has 0 saturated heterocycles. The van der Waals surface area contributed by atoms with Crippen LogP contribution in [0.15, 0.2) is 24.4 Å². The number of aromatic nitrogens is 2. The summed E-state index contributed by atoms with van der Waals surface area (Å²) in [6, 6.07) is 5.13. The van der Waals surface area contributed by atoms with E-state index in [9.17, 15) is 0 Å². The first-order chi connectivity index (χ1) is 9.99. The molecule has 1 aromatic heterocycles. The fraction of sp³-hybridized carbons (Fsp3) is 0.357. The molecule has 5 nitrogen and oxygen atoms in total. The zero-order valence-corrected chi connectivity index (χ0v) is 13.6. The molecule has 2 aromatic rings. The molecule has 0 amide bonds. The first-order valence-corrected chi connectivity index (χ1v) is 7.27. The normalized spacial score (nSPS) is 12.7. The van der Waals surface area contributed by atoms with E-state index in [0.29, 0.717) is 15.8 Å². The number of ether oxygens (including phenoxy) is 1. The van der Waals surface area contributed by atoms with Gasteiger partial charge in [-0.25, -0.2) is 5.43 Å². The Morgan fingerprint density at radius 1 is 1.33 bits per heavy atom. The molecule has 1 aromatic carbocycles. The van der Waals surface area contributed by atoms with Crippen molar-refractivity contribution in [3.8, 4) is 5.75 Å². The quantitative estimate of drug-likeness (QED) is 0.652. The number of methoxy groups -OCH3 is 1. The number of nitrogens with zero attached hydrogens (tertiary/aromatic N) is 2. The maximum Gasteiger partial charge on any atom is 0.124 e. The lowest BCUT2D eigenvalue weighted by atomic mass is 10.0. The third kappa shape index (κ3) is 3.16.